The first kappa shape index (κ1) is 22.4. The third-order valence-electron chi connectivity index (χ3n) is 4.60. The number of guanidine groups is 1. The molecule has 3 rings (SSSR count). The third kappa shape index (κ3) is 6.58. The summed E-state index contributed by atoms with van der Waals surface area (Å²) in [7, 11) is 0. The van der Waals surface area contributed by atoms with Gasteiger partial charge >= 0.3 is 0 Å². The lowest BCUT2D eigenvalue weighted by Crippen LogP contribution is -2.39. The molecule has 1 aromatic heterocycles. The predicted octanol–water partition coefficient (Wildman–Crippen LogP) is 3.45. The van der Waals surface area contributed by atoms with Crippen LogP contribution in [0.4, 0.5) is 0 Å². The summed E-state index contributed by atoms with van der Waals surface area (Å²) in [5.41, 5.74) is 2.92. The predicted molar refractivity (Wildman–Crippen MR) is 124 cm³/mol. The zero-order chi connectivity index (χ0) is 22.1. The number of benzene rings is 2. The summed E-state index contributed by atoms with van der Waals surface area (Å²) in [5, 5.41) is 17.1. The fourth-order valence-electron chi connectivity index (χ4n) is 3.18. The highest BCUT2D eigenvalue weighted by molar-refractivity contribution is 5.79. The number of rotatable bonds is 9. The molecule has 0 bridgehead atoms. The first-order valence-electron chi connectivity index (χ1n) is 10.6. The third-order valence-corrected chi connectivity index (χ3v) is 4.60. The second kappa shape index (κ2) is 11.2. The summed E-state index contributed by atoms with van der Waals surface area (Å²) in [6, 6.07) is 15.7. The van der Waals surface area contributed by atoms with Crippen molar-refractivity contribution in [3.05, 3.63) is 78.4 Å². The molecular weight excluding hydrogens is 390 g/mol. The summed E-state index contributed by atoms with van der Waals surface area (Å²) in [4.78, 5) is 8.83. The Hall–Kier alpha value is -3.32. The Labute approximate surface area is 183 Å². The first-order valence-corrected chi connectivity index (χ1v) is 10.6. The van der Waals surface area contributed by atoms with Crippen LogP contribution in [0.25, 0.3) is 5.69 Å². The topological polar surface area (TPSA) is 83.7 Å². The highest BCUT2D eigenvalue weighted by atomic mass is 16.5. The molecule has 31 heavy (non-hydrogen) atoms. The van der Waals surface area contributed by atoms with Gasteiger partial charge in [-0.25, -0.2) is 9.98 Å². The van der Waals surface area contributed by atoms with Gasteiger partial charge in [-0.1, -0.05) is 30.3 Å². The quantitative estimate of drug-likeness (QED) is 0.364. The van der Waals surface area contributed by atoms with E-state index in [1.165, 1.54) is 0 Å². The second-order valence-corrected chi connectivity index (χ2v) is 7.43. The van der Waals surface area contributed by atoms with Gasteiger partial charge in [0.15, 0.2) is 5.96 Å². The summed E-state index contributed by atoms with van der Waals surface area (Å²) in [5.74, 6) is 1.40. The molecule has 0 fully saturated rings. The molecule has 0 saturated carbocycles. The fourth-order valence-corrected chi connectivity index (χ4v) is 3.18. The maximum atomic E-state index is 10.6. The Balaban J connectivity index is 1.66. The summed E-state index contributed by atoms with van der Waals surface area (Å²) in [6.45, 7) is 7.53. The number of para-hydroxylation sites is 1. The number of aliphatic hydroxyl groups excluding tert-OH is 1. The van der Waals surface area contributed by atoms with Gasteiger partial charge in [0.05, 0.1) is 30.8 Å². The number of ether oxygens (including phenoxy) is 1. The second-order valence-electron chi connectivity index (χ2n) is 7.43. The van der Waals surface area contributed by atoms with E-state index in [0.717, 1.165) is 29.1 Å². The standard InChI is InChI=1S/C24H31N5O2/c1-4-26-24(27-15-20-8-5-6-11-22(20)29-13-12-25-17-29)28-16-23(30)19-9-7-10-21(14-19)31-18(2)3/h5-14,17-18,23,30H,4,15-16H2,1-3H3,(H2,26,27,28). The Morgan fingerprint density at radius 3 is 2.74 bits per heavy atom. The monoisotopic (exact) mass is 421 g/mol. The molecule has 7 heteroatoms. The van der Waals surface area contributed by atoms with Crippen LogP contribution in [0.1, 0.15) is 38.0 Å². The van der Waals surface area contributed by atoms with Crippen molar-refractivity contribution < 1.29 is 9.84 Å². The van der Waals surface area contributed by atoms with E-state index in [0.29, 0.717) is 19.0 Å². The first-order chi connectivity index (χ1) is 15.1. The van der Waals surface area contributed by atoms with Gasteiger partial charge < -0.3 is 25.0 Å². The van der Waals surface area contributed by atoms with Crippen LogP contribution < -0.4 is 15.4 Å². The van der Waals surface area contributed by atoms with Gasteiger partial charge in [-0.2, -0.15) is 0 Å². The molecule has 164 valence electrons. The minimum atomic E-state index is -0.683. The molecule has 7 nitrogen and oxygen atoms in total. The molecule has 0 aliphatic rings. The molecule has 1 heterocycles. The molecule has 0 radical (unpaired) electrons. The molecule has 1 unspecified atom stereocenters. The minimum Gasteiger partial charge on any atom is -0.491 e. The molecule has 2 aromatic carbocycles. The van der Waals surface area contributed by atoms with Crippen LogP contribution in [0, 0.1) is 0 Å². The van der Waals surface area contributed by atoms with Crippen molar-refractivity contribution in [3.8, 4) is 11.4 Å². The van der Waals surface area contributed by atoms with E-state index in [1.54, 1.807) is 12.5 Å². The number of aliphatic imine (C=N–C) groups is 1. The van der Waals surface area contributed by atoms with Crippen LogP contribution in [0.3, 0.4) is 0 Å². The van der Waals surface area contributed by atoms with E-state index in [2.05, 4.69) is 21.7 Å². The van der Waals surface area contributed by atoms with Crippen LogP contribution in [-0.4, -0.2) is 39.8 Å². The van der Waals surface area contributed by atoms with Gasteiger partial charge in [0.25, 0.3) is 0 Å². The van der Waals surface area contributed by atoms with Gasteiger partial charge in [0, 0.05) is 25.5 Å². The smallest absolute Gasteiger partial charge is 0.191 e. The van der Waals surface area contributed by atoms with E-state index in [1.807, 2.05) is 74.0 Å². The molecule has 3 N–H and O–H groups in total. The summed E-state index contributed by atoms with van der Waals surface area (Å²) in [6.07, 6.45) is 4.86. The van der Waals surface area contributed by atoms with Crippen molar-refractivity contribution >= 4 is 5.96 Å². The molecule has 3 aromatic rings. The van der Waals surface area contributed by atoms with Crippen LogP contribution in [-0.2, 0) is 6.54 Å². The maximum Gasteiger partial charge on any atom is 0.191 e. The van der Waals surface area contributed by atoms with E-state index < -0.39 is 6.10 Å². The highest BCUT2D eigenvalue weighted by Crippen LogP contribution is 2.20. The van der Waals surface area contributed by atoms with Crippen LogP contribution in [0.2, 0.25) is 0 Å². The molecule has 0 aliphatic carbocycles. The highest BCUT2D eigenvalue weighted by Gasteiger charge is 2.11. The lowest BCUT2D eigenvalue weighted by Gasteiger charge is -2.17. The van der Waals surface area contributed by atoms with Crippen molar-refractivity contribution in [2.75, 3.05) is 13.1 Å². The van der Waals surface area contributed by atoms with Crippen molar-refractivity contribution in [1.82, 2.24) is 20.2 Å². The number of aromatic nitrogens is 2. The number of imidazole rings is 1. The Morgan fingerprint density at radius 1 is 1.16 bits per heavy atom. The van der Waals surface area contributed by atoms with Gasteiger partial charge in [0.2, 0.25) is 0 Å². The van der Waals surface area contributed by atoms with Crippen LogP contribution in [0.15, 0.2) is 72.2 Å². The van der Waals surface area contributed by atoms with Crippen molar-refractivity contribution in [3.63, 3.8) is 0 Å². The summed E-state index contributed by atoms with van der Waals surface area (Å²) < 4.78 is 7.70. The molecule has 0 saturated heterocycles. The molecule has 1 atom stereocenters. The van der Waals surface area contributed by atoms with Gasteiger partial charge in [-0.05, 0) is 50.1 Å². The van der Waals surface area contributed by atoms with E-state index in [9.17, 15) is 5.11 Å². The lowest BCUT2D eigenvalue weighted by atomic mass is 10.1. The molecular formula is C24H31N5O2. The van der Waals surface area contributed by atoms with Crippen molar-refractivity contribution in [2.45, 2.75) is 39.5 Å². The Kier molecular flexibility index (Phi) is 8.06. The Bertz CT molecular complexity index is 970. The average molecular weight is 422 g/mol. The number of nitrogens with one attached hydrogen (secondary N) is 2. The number of aliphatic hydroxyl groups is 1. The SMILES string of the molecule is CCNC(=NCc1ccccc1-n1ccnc1)NCC(O)c1cccc(OC(C)C)c1. The van der Waals surface area contributed by atoms with Crippen molar-refractivity contribution in [1.29, 1.82) is 0 Å². The molecule has 0 aliphatic heterocycles. The number of nitrogens with zero attached hydrogens (tertiary/aromatic N) is 3. The fraction of sp³-hybridized carbons (Fsp3) is 0.333. The van der Waals surface area contributed by atoms with E-state index in [-0.39, 0.29) is 6.10 Å². The van der Waals surface area contributed by atoms with Gasteiger partial charge in [-0.15, -0.1) is 0 Å². The molecule has 0 spiro atoms. The zero-order valence-corrected chi connectivity index (χ0v) is 18.3. The van der Waals surface area contributed by atoms with Gasteiger partial charge in [-0.3, -0.25) is 0 Å². The maximum absolute atomic E-state index is 10.6. The summed E-state index contributed by atoms with van der Waals surface area (Å²) >= 11 is 0. The average Bonchev–Trinajstić information content (AvgIpc) is 3.30. The normalized spacial score (nSPS) is 12.6. The number of hydrogen-bond donors (Lipinski definition) is 3. The van der Waals surface area contributed by atoms with Gasteiger partial charge in [0.1, 0.15) is 5.75 Å². The zero-order valence-electron chi connectivity index (χ0n) is 18.3. The van der Waals surface area contributed by atoms with Crippen LogP contribution in [0.5, 0.6) is 5.75 Å². The van der Waals surface area contributed by atoms with E-state index in [4.69, 9.17) is 9.73 Å². The van der Waals surface area contributed by atoms with Crippen molar-refractivity contribution in [2.24, 2.45) is 4.99 Å². The largest absolute Gasteiger partial charge is 0.491 e. The number of hydrogen-bond acceptors (Lipinski definition) is 4. The minimum absolute atomic E-state index is 0.0863. The van der Waals surface area contributed by atoms with Crippen LogP contribution >= 0.6 is 0 Å². The molecule has 0 amide bonds. The Morgan fingerprint density at radius 2 is 2.00 bits per heavy atom. The lowest BCUT2D eigenvalue weighted by molar-refractivity contribution is 0.179. The van der Waals surface area contributed by atoms with E-state index >= 15 is 0 Å².